The normalized spacial score (nSPS) is 14.7. The zero-order chi connectivity index (χ0) is 16.8. The number of carbonyl (C=O) groups is 1. The van der Waals surface area contributed by atoms with Crippen LogP contribution in [0.5, 0.6) is 0 Å². The van der Waals surface area contributed by atoms with Gasteiger partial charge in [0, 0.05) is 45.0 Å². The van der Waals surface area contributed by atoms with Gasteiger partial charge in [0.1, 0.15) is 5.82 Å². The molecule has 2 aromatic rings. The molecule has 1 N–H and O–H groups in total. The predicted molar refractivity (Wildman–Crippen MR) is 93.8 cm³/mol. The Morgan fingerprint density at radius 1 is 0.960 bits per heavy atom. The van der Waals surface area contributed by atoms with Gasteiger partial charge in [-0.1, -0.05) is 30.3 Å². The molecular weight excluding hydrogens is 341 g/mol. The number of carbonyl (C=O) groups excluding carboxylic acids is 1. The fourth-order valence-corrected chi connectivity index (χ4v) is 2.94. The SMILES string of the molecule is O=C(NCCN1CCN(c2ccccc2)CC1)c1ccccc1F.[Cl-]. The summed E-state index contributed by atoms with van der Waals surface area (Å²) in [5, 5.41) is 2.80. The molecule has 0 unspecified atom stereocenters. The van der Waals surface area contributed by atoms with Crippen LogP contribution in [0.3, 0.4) is 0 Å². The van der Waals surface area contributed by atoms with Crippen molar-refractivity contribution in [2.45, 2.75) is 0 Å². The van der Waals surface area contributed by atoms with Gasteiger partial charge in [0.2, 0.25) is 0 Å². The molecule has 0 spiro atoms. The van der Waals surface area contributed by atoms with Crippen LogP contribution in [0, 0.1) is 5.82 Å². The molecule has 1 aliphatic heterocycles. The fraction of sp³-hybridized carbons (Fsp3) is 0.316. The van der Waals surface area contributed by atoms with Crippen LogP contribution < -0.4 is 22.6 Å². The maximum atomic E-state index is 13.5. The van der Waals surface area contributed by atoms with Gasteiger partial charge in [0.05, 0.1) is 5.56 Å². The Bertz CT molecular complexity index is 675. The molecule has 1 heterocycles. The summed E-state index contributed by atoms with van der Waals surface area (Å²) in [4.78, 5) is 16.7. The molecule has 0 bridgehead atoms. The van der Waals surface area contributed by atoms with Crippen LogP contribution in [0.4, 0.5) is 10.1 Å². The number of nitrogens with zero attached hydrogens (tertiary/aromatic N) is 2. The zero-order valence-electron chi connectivity index (χ0n) is 14.0. The van der Waals surface area contributed by atoms with Crippen LogP contribution >= 0.6 is 0 Å². The first kappa shape index (κ1) is 19.2. The van der Waals surface area contributed by atoms with Gasteiger partial charge in [0.25, 0.3) is 5.91 Å². The minimum atomic E-state index is -0.480. The number of nitrogens with one attached hydrogen (secondary N) is 1. The van der Waals surface area contributed by atoms with E-state index in [1.807, 2.05) is 6.07 Å². The maximum absolute atomic E-state index is 13.5. The van der Waals surface area contributed by atoms with Crippen molar-refractivity contribution in [1.82, 2.24) is 10.2 Å². The third kappa shape index (κ3) is 5.18. The molecule has 4 nitrogen and oxygen atoms in total. The van der Waals surface area contributed by atoms with Crippen molar-refractivity contribution in [2.24, 2.45) is 0 Å². The van der Waals surface area contributed by atoms with Crippen molar-refractivity contribution in [3.05, 3.63) is 66.0 Å². The third-order valence-electron chi connectivity index (χ3n) is 4.33. The maximum Gasteiger partial charge on any atom is 0.254 e. The quantitative estimate of drug-likeness (QED) is 0.770. The van der Waals surface area contributed by atoms with E-state index in [2.05, 4.69) is 39.4 Å². The molecule has 134 valence electrons. The van der Waals surface area contributed by atoms with Crippen molar-refractivity contribution in [3.63, 3.8) is 0 Å². The lowest BCUT2D eigenvalue weighted by Gasteiger charge is -2.36. The van der Waals surface area contributed by atoms with Crippen LogP contribution in [-0.4, -0.2) is 50.1 Å². The van der Waals surface area contributed by atoms with Gasteiger partial charge in [-0.25, -0.2) is 4.39 Å². The van der Waals surface area contributed by atoms with E-state index in [9.17, 15) is 9.18 Å². The Labute approximate surface area is 154 Å². The molecule has 0 aliphatic carbocycles. The first-order valence-corrected chi connectivity index (χ1v) is 8.29. The molecule has 1 fully saturated rings. The molecule has 3 rings (SSSR count). The van der Waals surface area contributed by atoms with Crippen LogP contribution in [0.15, 0.2) is 54.6 Å². The molecule has 1 saturated heterocycles. The second kappa shape index (κ2) is 9.39. The minimum Gasteiger partial charge on any atom is -1.00 e. The van der Waals surface area contributed by atoms with Crippen molar-refractivity contribution < 1.29 is 21.6 Å². The molecular formula is C19H22ClFN3O-. The van der Waals surface area contributed by atoms with Crippen LogP contribution in [0.1, 0.15) is 10.4 Å². The van der Waals surface area contributed by atoms with E-state index in [-0.39, 0.29) is 23.9 Å². The Kier molecular flexibility index (Phi) is 7.22. The van der Waals surface area contributed by atoms with E-state index < -0.39 is 5.82 Å². The summed E-state index contributed by atoms with van der Waals surface area (Å²) >= 11 is 0. The van der Waals surface area contributed by atoms with E-state index in [4.69, 9.17) is 0 Å². The topological polar surface area (TPSA) is 35.6 Å². The van der Waals surface area contributed by atoms with Gasteiger partial charge in [0.15, 0.2) is 0 Å². The minimum absolute atomic E-state index is 0. The number of piperazine rings is 1. The zero-order valence-corrected chi connectivity index (χ0v) is 14.8. The number of hydrogen-bond donors (Lipinski definition) is 1. The largest absolute Gasteiger partial charge is 1.00 e. The second-order valence-corrected chi connectivity index (χ2v) is 5.90. The Balaban J connectivity index is 0.00000225. The lowest BCUT2D eigenvalue weighted by Crippen LogP contribution is -3.00. The molecule has 1 amide bonds. The summed E-state index contributed by atoms with van der Waals surface area (Å²) in [5.41, 5.74) is 1.36. The van der Waals surface area contributed by atoms with Crippen molar-refractivity contribution in [3.8, 4) is 0 Å². The van der Waals surface area contributed by atoms with Gasteiger partial charge in [-0.3, -0.25) is 9.69 Å². The second-order valence-electron chi connectivity index (χ2n) is 5.90. The van der Waals surface area contributed by atoms with E-state index in [0.29, 0.717) is 6.54 Å². The number of rotatable bonds is 5. The Morgan fingerprint density at radius 2 is 1.60 bits per heavy atom. The summed E-state index contributed by atoms with van der Waals surface area (Å²) in [5.74, 6) is -0.831. The van der Waals surface area contributed by atoms with E-state index in [0.717, 1.165) is 32.7 Å². The summed E-state index contributed by atoms with van der Waals surface area (Å²) in [6, 6.07) is 16.5. The lowest BCUT2D eigenvalue weighted by atomic mass is 10.2. The van der Waals surface area contributed by atoms with Gasteiger partial charge < -0.3 is 22.6 Å². The molecule has 0 aromatic heterocycles. The average molecular weight is 363 g/mol. The molecule has 2 aromatic carbocycles. The number of hydrogen-bond acceptors (Lipinski definition) is 3. The summed E-state index contributed by atoms with van der Waals surface area (Å²) < 4.78 is 13.5. The van der Waals surface area contributed by atoms with Gasteiger partial charge in [-0.15, -0.1) is 0 Å². The van der Waals surface area contributed by atoms with Gasteiger partial charge in [-0.2, -0.15) is 0 Å². The molecule has 25 heavy (non-hydrogen) atoms. The summed E-state index contributed by atoms with van der Waals surface area (Å²) in [6.45, 7) is 5.19. The number of para-hydroxylation sites is 1. The van der Waals surface area contributed by atoms with Crippen molar-refractivity contribution in [2.75, 3.05) is 44.2 Å². The average Bonchev–Trinajstić information content (AvgIpc) is 2.63. The van der Waals surface area contributed by atoms with Crippen molar-refractivity contribution >= 4 is 11.6 Å². The smallest absolute Gasteiger partial charge is 0.254 e. The number of halogens is 2. The van der Waals surface area contributed by atoms with Gasteiger partial charge in [-0.05, 0) is 24.3 Å². The van der Waals surface area contributed by atoms with Crippen molar-refractivity contribution in [1.29, 1.82) is 0 Å². The van der Waals surface area contributed by atoms with E-state index >= 15 is 0 Å². The highest BCUT2D eigenvalue weighted by Gasteiger charge is 2.17. The number of amides is 1. The lowest BCUT2D eigenvalue weighted by molar-refractivity contribution is -0.0000141. The first-order valence-electron chi connectivity index (χ1n) is 8.29. The highest BCUT2D eigenvalue weighted by molar-refractivity contribution is 5.94. The molecule has 1 aliphatic rings. The highest BCUT2D eigenvalue weighted by Crippen LogP contribution is 2.15. The number of benzene rings is 2. The Morgan fingerprint density at radius 3 is 2.28 bits per heavy atom. The Hall–Kier alpha value is -2.11. The summed E-state index contributed by atoms with van der Waals surface area (Å²) in [7, 11) is 0. The fourth-order valence-electron chi connectivity index (χ4n) is 2.94. The molecule has 0 atom stereocenters. The van der Waals surface area contributed by atoms with Gasteiger partial charge >= 0.3 is 0 Å². The monoisotopic (exact) mass is 362 g/mol. The number of anilines is 1. The third-order valence-corrected chi connectivity index (χ3v) is 4.33. The molecule has 0 radical (unpaired) electrons. The van der Waals surface area contributed by atoms with E-state index in [1.54, 1.807) is 12.1 Å². The first-order chi connectivity index (χ1) is 11.7. The summed E-state index contributed by atoms with van der Waals surface area (Å²) in [6.07, 6.45) is 0. The van der Waals surface area contributed by atoms with Crippen LogP contribution in [0.25, 0.3) is 0 Å². The van der Waals surface area contributed by atoms with Crippen LogP contribution in [-0.2, 0) is 0 Å². The molecule has 6 heteroatoms. The van der Waals surface area contributed by atoms with Crippen LogP contribution in [0.2, 0.25) is 0 Å². The highest BCUT2D eigenvalue weighted by atomic mass is 35.5. The standard InChI is InChI=1S/C19H22FN3O.ClH/c20-18-9-5-4-8-17(18)19(24)21-10-11-22-12-14-23(15-13-22)16-6-2-1-3-7-16;/h1-9H,10-15H2,(H,21,24);1H/p-1. The molecule has 0 saturated carbocycles. The predicted octanol–water partition coefficient (Wildman–Crippen LogP) is -0.618. The van der Waals surface area contributed by atoms with E-state index in [1.165, 1.54) is 17.8 Å².